The maximum atomic E-state index is 5.90. The van der Waals surface area contributed by atoms with Crippen LogP contribution in [0.3, 0.4) is 0 Å². The zero-order valence-electron chi connectivity index (χ0n) is 9.77. The van der Waals surface area contributed by atoms with E-state index in [4.69, 9.17) is 9.15 Å². The van der Waals surface area contributed by atoms with E-state index in [1.165, 1.54) is 5.56 Å². The summed E-state index contributed by atoms with van der Waals surface area (Å²) in [4.78, 5) is 0. The van der Waals surface area contributed by atoms with Crippen LogP contribution < -0.4 is 4.74 Å². The van der Waals surface area contributed by atoms with Crippen LogP contribution in [0.25, 0.3) is 17.4 Å². The van der Waals surface area contributed by atoms with Crippen molar-refractivity contribution in [3.8, 4) is 17.1 Å². The second-order valence-electron chi connectivity index (χ2n) is 4.13. The SMILES string of the molecule is COc1ccccc1-c1cc2c(o1)CCC=C2. The predicted molar refractivity (Wildman–Crippen MR) is 68.1 cm³/mol. The highest BCUT2D eigenvalue weighted by Gasteiger charge is 2.15. The monoisotopic (exact) mass is 226 g/mol. The van der Waals surface area contributed by atoms with E-state index in [1.807, 2.05) is 24.3 Å². The summed E-state index contributed by atoms with van der Waals surface area (Å²) < 4.78 is 11.3. The number of hydrogen-bond donors (Lipinski definition) is 0. The Balaban J connectivity index is 2.09. The highest BCUT2D eigenvalue weighted by Crippen LogP contribution is 2.34. The number of methoxy groups -OCH3 is 1. The van der Waals surface area contributed by atoms with Gasteiger partial charge in [0.05, 0.1) is 12.7 Å². The minimum absolute atomic E-state index is 0.850. The van der Waals surface area contributed by atoms with Gasteiger partial charge < -0.3 is 9.15 Å². The van der Waals surface area contributed by atoms with Gasteiger partial charge in [-0.15, -0.1) is 0 Å². The summed E-state index contributed by atoms with van der Waals surface area (Å²) in [5.41, 5.74) is 2.20. The summed E-state index contributed by atoms with van der Waals surface area (Å²) in [5.74, 6) is 2.81. The lowest BCUT2D eigenvalue weighted by Gasteiger charge is -2.05. The van der Waals surface area contributed by atoms with Crippen molar-refractivity contribution < 1.29 is 9.15 Å². The Labute approximate surface area is 101 Å². The average molecular weight is 226 g/mol. The molecule has 2 aromatic rings. The summed E-state index contributed by atoms with van der Waals surface area (Å²) >= 11 is 0. The zero-order chi connectivity index (χ0) is 11.7. The number of ether oxygens (including phenoxy) is 1. The van der Waals surface area contributed by atoms with Gasteiger partial charge in [-0.2, -0.15) is 0 Å². The van der Waals surface area contributed by atoms with Gasteiger partial charge in [-0.1, -0.05) is 24.3 Å². The molecule has 0 spiro atoms. The van der Waals surface area contributed by atoms with Gasteiger partial charge in [0.25, 0.3) is 0 Å². The fourth-order valence-corrected chi connectivity index (χ4v) is 2.18. The molecule has 1 aromatic heterocycles. The quantitative estimate of drug-likeness (QED) is 0.774. The maximum Gasteiger partial charge on any atom is 0.138 e. The number of fused-ring (bicyclic) bond motifs is 1. The first-order chi connectivity index (χ1) is 8.38. The third-order valence-electron chi connectivity index (χ3n) is 3.05. The van der Waals surface area contributed by atoms with Crippen LogP contribution in [0.5, 0.6) is 5.75 Å². The van der Waals surface area contributed by atoms with Crippen molar-refractivity contribution >= 4 is 6.08 Å². The molecule has 3 rings (SSSR count). The average Bonchev–Trinajstić information content (AvgIpc) is 2.82. The van der Waals surface area contributed by atoms with Crippen LogP contribution in [0.15, 0.2) is 40.8 Å². The van der Waals surface area contributed by atoms with Crippen LogP contribution >= 0.6 is 0 Å². The Morgan fingerprint density at radius 3 is 2.94 bits per heavy atom. The van der Waals surface area contributed by atoms with Crippen molar-refractivity contribution in [3.63, 3.8) is 0 Å². The third-order valence-corrected chi connectivity index (χ3v) is 3.05. The maximum absolute atomic E-state index is 5.90. The molecule has 17 heavy (non-hydrogen) atoms. The fourth-order valence-electron chi connectivity index (χ4n) is 2.18. The number of allylic oxidation sites excluding steroid dienone is 1. The van der Waals surface area contributed by atoms with Gasteiger partial charge >= 0.3 is 0 Å². The number of furan rings is 1. The van der Waals surface area contributed by atoms with Gasteiger partial charge in [-0.25, -0.2) is 0 Å². The molecule has 1 aromatic carbocycles. The van der Waals surface area contributed by atoms with E-state index in [0.717, 1.165) is 35.7 Å². The Morgan fingerprint density at radius 1 is 1.24 bits per heavy atom. The molecule has 0 saturated carbocycles. The lowest BCUT2D eigenvalue weighted by Crippen LogP contribution is -1.87. The van der Waals surface area contributed by atoms with Gasteiger partial charge in [-0.3, -0.25) is 0 Å². The molecule has 0 fully saturated rings. The second-order valence-corrected chi connectivity index (χ2v) is 4.13. The minimum Gasteiger partial charge on any atom is -0.496 e. The molecule has 0 radical (unpaired) electrons. The standard InChI is InChI=1S/C15H14O2/c1-16-14-9-5-3-7-12(14)15-10-11-6-2-4-8-13(11)17-15/h2-3,5-7,9-10H,4,8H2,1H3. The Bertz CT molecular complexity index is 564. The molecule has 0 amide bonds. The van der Waals surface area contributed by atoms with Crippen molar-refractivity contribution in [3.05, 3.63) is 47.7 Å². The van der Waals surface area contributed by atoms with E-state index in [0.29, 0.717) is 0 Å². The van der Waals surface area contributed by atoms with Crippen molar-refractivity contribution in [1.29, 1.82) is 0 Å². The first-order valence-corrected chi connectivity index (χ1v) is 5.81. The summed E-state index contributed by atoms with van der Waals surface area (Å²) in [6.45, 7) is 0. The Hall–Kier alpha value is -1.96. The third kappa shape index (κ3) is 1.76. The highest BCUT2D eigenvalue weighted by molar-refractivity contribution is 5.70. The van der Waals surface area contributed by atoms with Crippen LogP contribution in [0.1, 0.15) is 17.7 Å². The van der Waals surface area contributed by atoms with E-state index in [1.54, 1.807) is 7.11 Å². The van der Waals surface area contributed by atoms with Crippen LogP contribution in [0, 0.1) is 0 Å². The molecule has 2 nitrogen and oxygen atoms in total. The van der Waals surface area contributed by atoms with E-state index in [9.17, 15) is 0 Å². The molecule has 1 heterocycles. The molecular formula is C15H14O2. The lowest BCUT2D eigenvalue weighted by molar-refractivity contribution is 0.414. The fraction of sp³-hybridized carbons (Fsp3) is 0.200. The van der Waals surface area contributed by atoms with E-state index < -0.39 is 0 Å². The molecule has 0 aliphatic heterocycles. The Morgan fingerprint density at radius 2 is 2.12 bits per heavy atom. The van der Waals surface area contributed by atoms with E-state index in [-0.39, 0.29) is 0 Å². The van der Waals surface area contributed by atoms with Gasteiger partial charge in [0, 0.05) is 12.0 Å². The van der Waals surface area contributed by atoms with Gasteiger partial charge in [0.1, 0.15) is 17.3 Å². The molecule has 0 saturated heterocycles. The van der Waals surface area contributed by atoms with Crippen LogP contribution in [0.2, 0.25) is 0 Å². The highest BCUT2D eigenvalue weighted by atomic mass is 16.5. The number of hydrogen-bond acceptors (Lipinski definition) is 2. The predicted octanol–water partition coefficient (Wildman–Crippen LogP) is 3.91. The summed E-state index contributed by atoms with van der Waals surface area (Å²) in [6, 6.07) is 10.0. The van der Waals surface area contributed by atoms with Crippen LogP contribution in [-0.4, -0.2) is 7.11 Å². The molecule has 86 valence electrons. The molecule has 2 heteroatoms. The molecule has 0 unspecified atom stereocenters. The zero-order valence-corrected chi connectivity index (χ0v) is 9.77. The van der Waals surface area contributed by atoms with Gasteiger partial charge in [0.15, 0.2) is 0 Å². The summed E-state index contributed by atoms with van der Waals surface area (Å²) in [7, 11) is 1.68. The number of rotatable bonds is 2. The van der Waals surface area contributed by atoms with E-state index >= 15 is 0 Å². The van der Waals surface area contributed by atoms with Crippen LogP contribution in [-0.2, 0) is 6.42 Å². The second kappa shape index (κ2) is 4.13. The molecule has 0 N–H and O–H groups in total. The minimum atomic E-state index is 0.850. The number of benzene rings is 1. The van der Waals surface area contributed by atoms with Crippen molar-refractivity contribution in [2.24, 2.45) is 0 Å². The smallest absolute Gasteiger partial charge is 0.138 e. The first kappa shape index (κ1) is 10.2. The molecule has 0 atom stereocenters. The lowest BCUT2D eigenvalue weighted by atomic mass is 10.1. The topological polar surface area (TPSA) is 22.4 Å². The van der Waals surface area contributed by atoms with E-state index in [2.05, 4.69) is 18.2 Å². The van der Waals surface area contributed by atoms with Crippen molar-refractivity contribution in [2.75, 3.05) is 7.11 Å². The van der Waals surface area contributed by atoms with Gasteiger partial charge in [-0.05, 0) is 24.6 Å². The molecule has 0 bridgehead atoms. The first-order valence-electron chi connectivity index (χ1n) is 5.81. The Kier molecular flexibility index (Phi) is 2.48. The van der Waals surface area contributed by atoms with Crippen molar-refractivity contribution in [1.82, 2.24) is 0 Å². The summed E-state index contributed by atoms with van der Waals surface area (Å²) in [5, 5.41) is 0. The largest absolute Gasteiger partial charge is 0.496 e. The number of para-hydroxylation sites is 1. The number of aryl methyl sites for hydroxylation is 1. The molecule has 1 aliphatic carbocycles. The van der Waals surface area contributed by atoms with Gasteiger partial charge in [0.2, 0.25) is 0 Å². The van der Waals surface area contributed by atoms with Crippen molar-refractivity contribution in [2.45, 2.75) is 12.8 Å². The molecular weight excluding hydrogens is 212 g/mol. The summed E-state index contributed by atoms with van der Waals surface area (Å²) in [6.07, 6.45) is 6.36. The normalized spacial score (nSPS) is 13.5. The molecule has 1 aliphatic rings. The van der Waals surface area contributed by atoms with Crippen LogP contribution in [0.4, 0.5) is 0 Å².